The Morgan fingerprint density at radius 1 is 1.45 bits per heavy atom. The van der Waals surface area contributed by atoms with Gasteiger partial charge in [0.1, 0.15) is 9.88 Å². The van der Waals surface area contributed by atoms with Gasteiger partial charge in [0.15, 0.2) is 0 Å². The lowest BCUT2D eigenvalue weighted by molar-refractivity contribution is 0.0956. The van der Waals surface area contributed by atoms with Crippen LogP contribution in [0, 0.1) is 0 Å². The largest absolute Gasteiger partial charge is 0.396 e. The monoisotopic (exact) mass is 313 g/mol. The average molecular weight is 313 g/mol. The minimum absolute atomic E-state index is 0.0233. The Labute approximate surface area is 126 Å². The van der Waals surface area contributed by atoms with Gasteiger partial charge in [-0.3, -0.25) is 4.79 Å². The zero-order valence-corrected chi connectivity index (χ0v) is 13.1. The number of nitrogens with two attached hydrogens (primary N) is 1. The first kappa shape index (κ1) is 14.0. The van der Waals surface area contributed by atoms with Crippen molar-refractivity contribution < 1.29 is 9.53 Å². The minimum Gasteiger partial charge on any atom is -0.396 e. The molecule has 0 unspecified atom stereocenters. The number of ether oxygens (including phenoxy) is 1. The molecule has 110 valence electrons. The summed E-state index contributed by atoms with van der Waals surface area (Å²) in [6.07, 6.45) is 4.18. The minimum atomic E-state index is -0.0233. The van der Waals surface area contributed by atoms with Gasteiger partial charge >= 0.3 is 0 Å². The van der Waals surface area contributed by atoms with Gasteiger partial charge in [-0.2, -0.15) is 0 Å². The number of amides is 1. The van der Waals surface area contributed by atoms with Gasteiger partial charge in [0.25, 0.3) is 5.91 Å². The van der Waals surface area contributed by atoms with Crippen LogP contribution in [0.3, 0.4) is 0 Å². The third-order valence-electron chi connectivity index (χ3n) is 3.50. The molecule has 0 radical (unpaired) electrons. The zero-order valence-electron chi connectivity index (χ0n) is 11.5. The molecule has 1 aromatic rings. The van der Waals surface area contributed by atoms with Gasteiger partial charge < -0.3 is 20.7 Å². The quantitative estimate of drug-likeness (QED) is 0.830. The lowest BCUT2D eigenvalue weighted by Gasteiger charge is -2.28. The van der Waals surface area contributed by atoms with Gasteiger partial charge in [-0.15, -0.1) is 23.1 Å². The molecular weight excluding hydrogens is 294 g/mol. The molecule has 2 heterocycles. The molecule has 1 aromatic heterocycles. The highest BCUT2D eigenvalue weighted by atomic mass is 32.2. The van der Waals surface area contributed by atoms with Crippen molar-refractivity contribution in [3.8, 4) is 0 Å². The number of anilines is 2. The van der Waals surface area contributed by atoms with Crippen LogP contribution in [-0.2, 0) is 4.74 Å². The molecule has 0 atom stereocenters. The highest BCUT2D eigenvalue weighted by Gasteiger charge is 2.29. The number of nitrogen functional groups attached to an aromatic ring is 1. The summed E-state index contributed by atoms with van der Waals surface area (Å²) in [7, 11) is 0. The first-order valence-electron chi connectivity index (χ1n) is 6.80. The molecule has 0 spiro atoms. The van der Waals surface area contributed by atoms with Crippen molar-refractivity contribution in [2.24, 2.45) is 0 Å². The van der Waals surface area contributed by atoms with E-state index < -0.39 is 0 Å². The molecular formula is C13H19N3O2S2. The molecule has 7 heteroatoms. The summed E-state index contributed by atoms with van der Waals surface area (Å²) in [6.45, 7) is 3.18. The van der Waals surface area contributed by atoms with E-state index in [1.165, 1.54) is 11.3 Å². The summed E-state index contributed by atoms with van der Waals surface area (Å²) in [5.41, 5.74) is 6.82. The van der Waals surface area contributed by atoms with Crippen molar-refractivity contribution in [1.82, 2.24) is 5.32 Å². The maximum Gasteiger partial charge on any atom is 0.263 e. The van der Waals surface area contributed by atoms with E-state index in [2.05, 4.69) is 10.2 Å². The third kappa shape index (κ3) is 2.75. The van der Waals surface area contributed by atoms with Crippen LogP contribution < -0.4 is 16.0 Å². The fourth-order valence-electron chi connectivity index (χ4n) is 2.24. The molecule has 2 aliphatic rings. The number of thiophene rings is 1. The van der Waals surface area contributed by atoms with Crippen LogP contribution in [0.5, 0.6) is 0 Å². The number of nitrogens with one attached hydrogen (secondary N) is 1. The van der Waals surface area contributed by atoms with Crippen molar-refractivity contribution in [2.75, 3.05) is 43.2 Å². The summed E-state index contributed by atoms with van der Waals surface area (Å²) >= 11 is 3.12. The normalized spacial score (nSPS) is 19.1. The second-order valence-corrected chi connectivity index (χ2v) is 6.85. The van der Waals surface area contributed by atoms with E-state index in [4.69, 9.17) is 10.5 Å². The predicted octanol–water partition coefficient (Wildman–Crippen LogP) is 1.78. The summed E-state index contributed by atoms with van der Waals surface area (Å²) < 4.78 is 5.39. The smallest absolute Gasteiger partial charge is 0.263 e. The van der Waals surface area contributed by atoms with Crippen molar-refractivity contribution in [3.63, 3.8) is 0 Å². The van der Waals surface area contributed by atoms with Crippen LogP contribution in [0.4, 0.5) is 10.7 Å². The fourth-order valence-corrected chi connectivity index (χ4v) is 4.37. The number of carbonyl (C=O) groups is 1. The first-order valence-corrected chi connectivity index (χ1v) is 8.84. The summed E-state index contributed by atoms with van der Waals surface area (Å²) in [5, 5.41) is 4.13. The number of nitrogens with zero attached hydrogens (tertiary/aromatic N) is 1. The molecule has 1 aliphatic heterocycles. The van der Waals surface area contributed by atoms with Crippen LogP contribution in [0.1, 0.15) is 22.5 Å². The second-order valence-electron chi connectivity index (χ2n) is 5.03. The Balaban J connectivity index is 1.86. The topological polar surface area (TPSA) is 67.6 Å². The Kier molecular flexibility index (Phi) is 4.09. The molecule has 1 aliphatic carbocycles. The van der Waals surface area contributed by atoms with Crippen LogP contribution in [-0.4, -0.2) is 44.5 Å². The molecule has 1 saturated carbocycles. The number of thioether (sulfide) groups is 1. The van der Waals surface area contributed by atoms with Gasteiger partial charge in [0.2, 0.25) is 0 Å². The molecule has 3 rings (SSSR count). The second kappa shape index (κ2) is 5.83. The lowest BCUT2D eigenvalue weighted by atomic mass is 10.3. The number of hydrogen-bond donors (Lipinski definition) is 2. The summed E-state index contributed by atoms with van der Waals surface area (Å²) in [4.78, 5) is 16.2. The van der Waals surface area contributed by atoms with E-state index in [1.54, 1.807) is 11.8 Å². The summed E-state index contributed by atoms with van der Waals surface area (Å²) in [6, 6.07) is 0.355. The highest BCUT2D eigenvalue weighted by Crippen LogP contribution is 2.44. The standard InChI is InChI=1S/C13H19N3O2S2/c1-19-11-9(14)10(12(17)15-8-2-3-8)20-13(11)16-4-6-18-7-5-16/h8H,2-7,14H2,1H3,(H,15,17). The molecule has 0 aromatic carbocycles. The average Bonchev–Trinajstić information content (AvgIpc) is 3.21. The fraction of sp³-hybridized carbons (Fsp3) is 0.615. The molecule has 2 fully saturated rings. The van der Waals surface area contributed by atoms with E-state index in [1.807, 2.05) is 6.26 Å². The van der Waals surface area contributed by atoms with Crippen molar-refractivity contribution in [2.45, 2.75) is 23.8 Å². The number of rotatable bonds is 4. The Bertz CT molecular complexity index is 508. The molecule has 20 heavy (non-hydrogen) atoms. The number of carbonyl (C=O) groups excluding carboxylic acids is 1. The van der Waals surface area contributed by atoms with Crippen LogP contribution >= 0.6 is 23.1 Å². The van der Waals surface area contributed by atoms with E-state index >= 15 is 0 Å². The van der Waals surface area contributed by atoms with Crippen molar-refractivity contribution >= 4 is 39.7 Å². The molecule has 1 saturated heterocycles. The third-order valence-corrected chi connectivity index (χ3v) is 5.72. The van der Waals surface area contributed by atoms with Crippen LogP contribution in [0.2, 0.25) is 0 Å². The molecule has 0 bridgehead atoms. The van der Waals surface area contributed by atoms with Gasteiger partial charge in [0.05, 0.1) is 23.8 Å². The Morgan fingerprint density at radius 2 is 2.15 bits per heavy atom. The zero-order chi connectivity index (χ0) is 14.1. The Hall–Kier alpha value is -0.920. The van der Waals surface area contributed by atoms with E-state index in [0.717, 1.165) is 49.0 Å². The van der Waals surface area contributed by atoms with Crippen molar-refractivity contribution in [3.05, 3.63) is 4.88 Å². The van der Waals surface area contributed by atoms with Crippen molar-refractivity contribution in [1.29, 1.82) is 0 Å². The first-order chi connectivity index (χ1) is 9.70. The maximum atomic E-state index is 12.2. The van der Waals surface area contributed by atoms with E-state index in [0.29, 0.717) is 16.6 Å². The number of morpholine rings is 1. The highest BCUT2D eigenvalue weighted by molar-refractivity contribution is 7.99. The van der Waals surface area contributed by atoms with Gasteiger partial charge in [-0.05, 0) is 19.1 Å². The van der Waals surface area contributed by atoms with Crippen LogP contribution in [0.15, 0.2) is 4.90 Å². The lowest BCUT2D eigenvalue weighted by Crippen LogP contribution is -2.35. The van der Waals surface area contributed by atoms with Gasteiger partial charge in [-0.1, -0.05) is 0 Å². The van der Waals surface area contributed by atoms with E-state index in [-0.39, 0.29) is 5.91 Å². The van der Waals surface area contributed by atoms with Gasteiger partial charge in [-0.25, -0.2) is 0 Å². The van der Waals surface area contributed by atoms with E-state index in [9.17, 15) is 4.79 Å². The van der Waals surface area contributed by atoms with Gasteiger partial charge in [0, 0.05) is 19.1 Å². The van der Waals surface area contributed by atoms with Crippen LogP contribution in [0.25, 0.3) is 0 Å². The molecule has 5 nitrogen and oxygen atoms in total. The number of hydrogen-bond acceptors (Lipinski definition) is 6. The maximum absolute atomic E-state index is 12.2. The molecule has 1 amide bonds. The molecule has 3 N–H and O–H groups in total. The predicted molar refractivity (Wildman–Crippen MR) is 84.0 cm³/mol. The SMILES string of the molecule is CSc1c(N2CCOCC2)sc(C(=O)NC2CC2)c1N. The Morgan fingerprint density at radius 3 is 2.75 bits per heavy atom. The summed E-state index contributed by atoms with van der Waals surface area (Å²) in [5.74, 6) is -0.0233.